The SMILES string of the molecule is CCNC(=NCC1(C(=O)N(C)C)CCCC1)NCC(CCO)CC(C)C. The summed E-state index contributed by atoms with van der Waals surface area (Å²) in [5, 5.41) is 16.0. The van der Waals surface area contributed by atoms with Crippen molar-refractivity contribution in [3.05, 3.63) is 0 Å². The van der Waals surface area contributed by atoms with Crippen molar-refractivity contribution in [1.29, 1.82) is 0 Å². The van der Waals surface area contributed by atoms with Crippen molar-refractivity contribution in [2.75, 3.05) is 40.3 Å². The van der Waals surface area contributed by atoms with E-state index in [9.17, 15) is 9.90 Å². The number of aliphatic imine (C=N–C) groups is 1. The highest BCUT2D eigenvalue weighted by Gasteiger charge is 2.42. The number of carbonyl (C=O) groups excluding carboxylic acids is 1. The van der Waals surface area contributed by atoms with Crippen LogP contribution in [0.4, 0.5) is 0 Å². The lowest BCUT2D eigenvalue weighted by atomic mass is 9.85. The van der Waals surface area contributed by atoms with E-state index in [2.05, 4.69) is 24.5 Å². The zero-order chi connectivity index (χ0) is 19.6. The summed E-state index contributed by atoms with van der Waals surface area (Å²) >= 11 is 0. The van der Waals surface area contributed by atoms with Crippen LogP contribution in [-0.4, -0.2) is 62.2 Å². The minimum Gasteiger partial charge on any atom is -0.396 e. The van der Waals surface area contributed by atoms with Crippen molar-refractivity contribution in [1.82, 2.24) is 15.5 Å². The van der Waals surface area contributed by atoms with Crippen LogP contribution in [0.3, 0.4) is 0 Å². The third-order valence-corrected chi connectivity index (χ3v) is 5.20. The molecule has 1 unspecified atom stereocenters. The lowest BCUT2D eigenvalue weighted by Crippen LogP contribution is -2.44. The number of nitrogens with one attached hydrogen (secondary N) is 2. The molecule has 0 aromatic carbocycles. The Kier molecular flexibility index (Phi) is 9.99. The monoisotopic (exact) mass is 368 g/mol. The van der Waals surface area contributed by atoms with E-state index in [1.807, 2.05) is 21.0 Å². The number of carbonyl (C=O) groups is 1. The third-order valence-electron chi connectivity index (χ3n) is 5.20. The van der Waals surface area contributed by atoms with Gasteiger partial charge in [0.25, 0.3) is 0 Å². The lowest BCUT2D eigenvalue weighted by Gasteiger charge is -2.29. The van der Waals surface area contributed by atoms with Crippen molar-refractivity contribution < 1.29 is 9.90 Å². The molecule has 0 bridgehead atoms. The second-order valence-corrected chi connectivity index (χ2v) is 8.27. The molecule has 0 saturated heterocycles. The molecule has 0 aromatic rings. The second kappa shape index (κ2) is 11.4. The molecule has 26 heavy (non-hydrogen) atoms. The molecule has 1 fully saturated rings. The lowest BCUT2D eigenvalue weighted by molar-refractivity contribution is -0.138. The number of amides is 1. The molecule has 1 saturated carbocycles. The van der Waals surface area contributed by atoms with Gasteiger partial charge in [0.2, 0.25) is 5.91 Å². The van der Waals surface area contributed by atoms with E-state index in [-0.39, 0.29) is 17.9 Å². The maximum atomic E-state index is 12.7. The van der Waals surface area contributed by atoms with Crippen LogP contribution >= 0.6 is 0 Å². The van der Waals surface area contributed by atoms with E-state index in [1.165, 1.54) is 0 Å². The van der Waals surface area contributed by atoms with Gasteiger partial charge in [-0.1, -0.05) is 26.7 Å². The number of aliphatic hydroxyl groups is 1. The average molecular weight is 369 g/mol. The van der Waals surface area contributed by atoms with Gasteiger partial charge in [0.05, 0.1) is 12.0 Å². The van der Waals surface area contributed by atoms with Crippen LogP contribution in [0.25, 0.3) is 0 Å². The van der Waals surface area contributed by atoms with Crippen molar-refractivity contribution in [3.63, 3.8) is 0 Å². The van der Waals surface area contributed by atoms with Gasteiger partial charge in [0.1, 0.15) is 0 Å². The number of guanidine groups is 1. The highest BCUT2D eigenvalue weighted by Crippen LogP contribution is 2.39. The van der Waals surface area contributed by atoms with E-state index >= 15 is 0 Å². The van der Waals surface area contributed by atoms with Crippen molar-refractivity contribution in [3.8, 4) is 0 Å². The molecule has 0 aromatic heterocycles. The van der Waals surface area contributed by atoms with Gasteiger partial charge in [0.15, 0.2) is 5.96 Å². The zero-order valence-electron chi connectivity index (χ0n) is 17.5. The fraction of sp³-hybridized carbons (Fsp3) is 0.900. The third kappa shape index (κ3) is 7.14. The van der Waals surface area contributed by atoms with Crippen LogP contribution in [0.5, 0.6) is 0 Å². The van der Waals surface area contributed by atoms with E-state index in [0.717, 1.165) is 57.6 Å². The Labute approximate surface area is 159 Å². The minimum atomic E-state index is -0.339. The van der Waals surface area contributed by atoms with E-state index < -0.39 is 0 Å². The Morgan fingerprint density at radius 3 is 2.38 bits per heavy atom. The molecule has 3 N–H and O–H groups in total. The smallest absolute Gasteiger partial charge is 0.230 e. The first-order chi connectivity index (χ1) is 12.3. The molecule has 0 heterocycles. The molecule has 6 heteroatoms. The summed E-state index contributed by atoms with van der Waals surface area (Å²) in [6, 6.07) is 0. The molecule has 1 aliphatic carbocycles. The molecule has 1 aliphatic rings. The van der Waals surface area contributed by atoms with Crippen LogP contribution in [-0.2, 0) is 4.79 Å². The highest BCUT2D eigenvalue weighted by molar-refractivity contribution is 5.84. The molecule has 6 nitrogen and oxygen atoms in total. The summed E-state index contributed by atoms with van der Waals surface area (Å²) in [6.07, 6.45) is 5.93. The van der Waals surface area contributed by atoms with Gasteiger partial charge in [-0.25, -0.2) is 0 Å². The standard InChI is InChI=1S/C20H40N4O2/c1-6-21-19(22-14-17(9-12-25)13-16(2)3)23-15-20(10-7-8-11-20)18(26)24(4)5/h16-17,25H,6-15H2,1-5H3,(H2,21,22,23). The topological polar surface area (TPSA) is 77.0 Å². The van der Waals surface area contributed by atoms with Crippen LogP contribution in [0.15, 0.2) is 4.99 Å². The quantitative estimate of drug-likeness (QED) is 0.408. The Bertz CT molecular complexity index is 443. The van der Waals surface area contributed by atoms with Gasteiger partial charge in [0, 0.05) is 33.8 Å². The van der Waals surface area contributed by atoms with Gasteiger partial charge >= 0.3 is 0 Å². The first kappa shape index (κ1) is 22.7. The van der Waals surface area contributed by atoms with Crippen LogP contribution in [0.1, 0.15) is 59.3 Å². The summed E-state index contributed by atoms with van der Waals surface area (Å²) in [5.74, 6) is 2.00. The molecule has 152 valence electrons. The van der Waals surface area contributed by atoms with Crippen molar-refractivity contribution >= 4 is 11.9 Å². The highest BCUT2D eigenvalue weighted by atomic mass is 16.3. The Balaban J connectivity index is 2.75. The number of aliphatic hydroxyl groups excluding tert-OH is 1. The number of nitrogens with zero attached hydrogens (tertiary/aromatic N) is 2. The van der Waals surface area contributed by atoms with Gasteiger partial charge in [-0.05, 0) is 44.4 Å². The van der Waals surface area contributed by atoms with E-state index in [4.69, 9.17) is 4.99 Å². The van der Waals surface area contributed by atoms with Gasteiger partial charge in [-0.3, -0.25) is 9.79 Å². The largest absolute Gasteiger partial charge is 0.396 e. The number of rotatable bonds is 10. The predicted octanol–water partition coefficient (Wildman–Crippen LogP) is 2.23. The van der Waals surface area contributed by atoms with Crippen LogP contribution < -0.4 is 10.6 Å². The molecule has 1 atom stereocenters. The fourth-order valence-electron chi connectivity index (χ4n) is 3.93. The molecule has 1 rings (SSSR count). The summed E-state index contributed by atoms with van der Waals surface area (Å²) in [5.41, 5.74) is -0.339. The molecule has 0 spiro atoms. The Morgan fingerprint density at radius 2 is 1.88 bits per heavy atom. The Hall–Kier alpha value is -1.30. The average Bonchev–Trinajstić information content (AvgIpc) is 3.06. The molecule has 1 amide bonds. The van der Waals surface area contributed by atoms with Gasteiger partial charge in [-0.15, -0.1) is 0 Å². The summed E-state index contributed by atoms with van der Waals surface area (Å²) in [6.45, 7) is 8.80. The van der Waals surface area contributed by atoms with Gasteiger partial charge in [-0.2, -0.15) is 0 Å². The van der Waals surface area contributed by atoms with Gasteiger partial charge < -0.3 is 20.6 Å². The summed E-state index contributed by atoms with van der Waals surface area (Å²) in [4.78, 5) is 19.2. The minimum absolute atomic E-state index is 0.201. The summed E-state index contributed by atoms with van der Waals surface area (Å²) < 4.78 is 0. The maximum absolute atomic E-state index is 12.7. The molecule has 0 radical (unpaired) electrons. The first-order valence-corrected chi connectivity index (χ1v) is 10.2. The number of hydrogen-bond donors (Lipinski definition) is 3. The first-order valence-electron chi connectivity index (χ1n) is 10.2. The van der Waals surface area contributed by atoms with Crippen LogP contribution in [0.2, 0.25) is 0 Å². The van der Waals surface area contributed by atoms with Crippen molar-refractivity contribution in [2.24, 2.45) is 22.2 Å². The Morgan fingerprint density at radius 1 is 1.23 bits per heavy atom. The maximum Gasteiger partial charge on any atom is 0.230 e. The van der Waals surface area contributed by atoms with E-state index in [1.54, 1.807) is 4.90 Å². The normalized spacial score (nSPS) is 18.0. The number of hydrogen-bond acceptors (Lipinski definition) is 3. The second-order valence-electron chi connectivity index (χ2n) is 8.27. The molecule has 0 aliphatic heterocycles. The predicted molar refractivity (Wildman–Crippen MR) is 108 cm³/mol. The fourth-order valence-corrected chi connectivity index (χ4v) is 3.93. The van der Waals surface area contributed by atoms with Crippen molar-refractivity contribution in [2.45, 2.75) is 59.3 Å². The molecular formula is C20H40N4O2. The van der Waals surface area contributed by atoms with E-state index in [0.29, 0.717) is 18.4 Å². The summed E-state index contributed by atoms with van der Waals surface area (Å²) in [7, 11) is 3.67. The van der Waals surface area contributed by atoms with Crippen LogP contribution in [0, 0.1) is 17.3 Å². The molecular weight excluding hydrogens is 328 g/mol. The zero-order valence-corrected chi connectivity index (χ0v) is 17.5.